The average Bonchev–Trinajstić information content (AvgIpc) is 2.45. The van der Waals surface area contributed by atoms with E-state index in [2.05, 4.69) is 4.99 Å². The van der Waals surface area contributed by atoms with Gasteiger partial charge in [0.05, 0.1) is 11.5 Å². The molecule has 114 valence electrons. The van der Waals surface area contributed by atoms with Crippen LogP contribution in [0.5, 0.6) is 5.75 Å². The number of fused-ring (bicyclic) bond motifs is 1. The number of nitrogens with zero attached hydrogens (tertiary/aromatic N) is 1. The predicted octanol–water partition coefficient (Wildman–Crippen LogP) is 2.66. The van der Waals surface area contributed by atoms with Gasteiger partial charge in [-0.05, 0) is 37.5 Å². The zero-order valence-electron chi connectivity index (χ0n) is 12.2. The van der Waals surface area contributed by atoms with E-state index in [0.29, 0.717) is 17.7 Å². The molecule has 0 saturated heterocycles. The summed E-state index contributed by atoms with van der Waals surface area (Å²) in [5.74, 6) is -2.07. The monoisotopic (exact) mass is 299 g/mol. The number of aliphatic carboxylic acids is 1. The third-order valence-electron chi connectivity index (χ3n) is 4.37. The van der Waals surface area contributed by atoms with Crippen molar-refractivity contribution >= 4 is 17.5 Å². The van der Waals surface area contributed by atoms with E-state index in [-0.39, 0.29) is 17.1 Å². The van der Waals surface area contributed by atoms with Gasteiger partial charge in [-0.15, -0.1) is 0 Å². The molecule has 2 atom stereocenters. The summed E-state index contributed by atoms with van der Waals surface area (Å²) in [6.45, 7) is 1.67. The third kappa shape index (κ3) is 2.32. The van der Waals surface area contributed by atoms with Crippen molar-refractivity contribution in [3.05, 3.63) is 41.1 Å². The van der Waals surface area contributed by atoms with Gasteiger partial charge >= 0.3 is 5.97 Å². The molecule has 2 N–H and O–H groups in total. The molecule has 0 bridgehead atoms. The molecule has 3 rings (SSSR count). The Kier molecular flexibility index (Phi) is 3.56. The van der Waals surface area contributed by atoms with Crippen molar-refractivity contribution in [2.75, 3.05) is 0 Å². The normalized spacial score (nSPS) is 24.8. The van der Waals surface area contributed by atoms with Crippen LogP contribution in [0.2, 0.25) is 0 Å². The minimum absolute atomic E-state index is 0.0320. The number of hydrogen-bond acceptors (Lipinski definition) is 4. The Morgan fingerprint density at radius 1 is 1.27 bits per heavy atom. The first-order valence-electron chi connectivity index (χ1n) is 7.32. The van der Waals surface area contributed by atoms with Crippen molar-refractivity contribution in [1.82, 2.24) is 0 Å². The highest BCUT2D eigenvalue weighted by Gasteiger charge is 2.43. The lowest BCUT2D eigenvalue weighted by Crippen LogP contribution is -2.38. The van der Waals surface area contributed by atoms with Crippen LogP contribution in [0.4, 0.5) is 0 Å². The average molecular weight is 299 g/mol. The van der Waals surface area contributed by atoms with Gasteiger partial charge in [0.1, 0.15) is 11.5 Å². The highest BCUT2D eigenvalue weighted by Crippen LogP contribution is 2.43. The van der Waals surface area contributed by atoms with Gasteiger partial charge in [0, 0.05) is 23.7 Å². The highest BCUT2D eigenvalue weighted by molar-refractivity contribution is 6.11. The number of hydrogen-bond donors (Lipinski definition) is 2. The quantitative estimate of drug-likeness (QED) is 0.879. The molecule has 1 aromatic carbocycles. The molecular formula is C17H17NO4. The minimum Gasteiger partial charge on any atom is -0.508 e. The van der Waals surface area contributed by atoms with Gasteiger partial charge in [0.15, 0.2) is 0 Å². The summed E-state index contributed by atoms with van der Waals surface area (Å²) >= 11 is 0. The number of Topliss-reactive ketones (excluding diaryl/α,β-unsaturated/α-hetero) is 1. The van der Waals surface area contributed by atoms with Crippen molar-refractivity contribution in [3.63, 3.8) is 0 Å². The number of rotatable bonds is 2. The maximum atomic E-state index is 12.4. The summed E-state index contributed by atoms with van der Waals surface area (Å²) in [5, 5.41) is 19.3. The van der Waals surface area contributed by atoms with E-state index < -0.39 is 17.8 Å². The second-order valence-electron chi connectivity index (χ2n) is 5.78. The fourth-order valence-electron chi connectivity index (χ4n) is 3.48. The van der Waals surface area contributed by atoms with E-state index in [0.717, 1.165) is 18.6 Å². The Morgan fingerprint density at radius 3 is 2.73 bits per heavy atom. The van der Waals surface area contributed by atoms with Crippen LogP contribution in [0.1, 0.15) is 37.7 Å². The lowest BCUT2D eigenvalue weighted by atomic mass is 9.69. The van der Waals surface area contributed by atoms with Crippen molar-refractivity contribution in [2.24, 2.45) is 10.9 Å². The number of aromatic hydroxyl groups is 1. The van der Waals surface area contributed by atoms with Crippen LogP contribution in [-0.2, 0) is 9.59 Å². The fourth-order valence-corrected chi connectivity index (χ4v) is 3.48. The number of carbonyl (C=O) groups is 2. The lowest BCUT2D eigenvalue weighted by molar-refractivity contribution is -0.133. The smallest absolute Gasteiger partial charge is 0.334 e. The van der Waals surface area contributed by atoms with Crippen LogP contribution >= 0.6 is 0 Å². The van der Waals surface area contributed by atoms with Gasteiger partial charge in [0.25, 0.3) is 0 Å². The molecule has 1 saturated carbocycles. The lowest BCUT2D eigenvalue weighted by Gasteiger charge is -2.35. The molecule has 0 amide bonds. The van der Waals surface area contributed by atoms with Gasteiger partial charge in [-0.2, -0.15) is 0 Å². The zero-order valence-corrected chi connectivity index (χ0v) is 12.2. The summed E-state index contributed by atoms with van der Waals surface area (Å²) in [4.78, 5) is 28.5. The van der Waals surface area contributed by atoms with Crippen LogP contribution in [0.3, 0.4) is 0 Å². The molecule has 5 heteroatoms. The maximum absolute atomic E-state index is 12.4. The number of phenols is 1. The van der Waals surface area contributed by atoms with Crippen LogP contribution in [0.15, 0.2) is 40.5 Å². The van der Waals surface area contributed by atoms with Crippen LogP contribution in [-0.4, -0.2) is 27.7 Å². The number of carboxylic acid groups (broad SMARTS) is 1. The summed E-state index contributed by atoms with van der Waals surface area (Å²) in [5.41, 5.74) is 2.01. The third-order valence-corrected chi connectivity index (χ3v) is 4.37. The molecule has 22 heavy (non-hydrogen) atoms. The number of carboxylic acids is 1. The van der Waals surface area contributed by atoms with Gasteiger partial charge in [-0.1, -0.05) is 12.1 Å². The van der Waals surface area contributed by atoms with E-state index >= 15 is 0 Å². The van der Waals surface area contributed by atoms with E-state index in [1.165, 1.54) is 12.1 Å². The molecule has 0 radical (unpaired) electrons. The Bertz CT molecular complexity index is 717. The van der Waals surface area contributed by atoms with Crippen LogP contribution < -0.4 is 0 Å². The Balaban J connectivity index is 2.19. The fraction of sp³-hybridized carbons (Fsp3) is 0.353. The first-order chi connectivity index (χ1) is 10.5. The summed E-state index contributed by atoms with van der Waals surface area (Å²) < 4.78 is 0. The van der Waals surface area contributed by atoms with E-state index in [1.54, 1.807) is 19.1 Å². The molecule has 2 aliphatic rings. The molecule has 0 spiro atoms. The van der Waals surface area contributed by atoms with Crippen molar-refractivity contribution in [3.8, 4) is 5.75 Å². The van der Waals surface area contributed by atoms with E-state index in [9.17, 15) is 19.8 Å². The van der Waals surface area contributed by atoms with Gasteiger partial charge in [-0.25, -0.2) is 4.79 Å². The molecular weight excluding hydrogens is 282 g/mol. The number of aliphatic imine (C=N–C) groups is 1. The standard InChI is InChI=1S/C17H17NO4/c1-9-14(17(21)22)15(10-4-2-5-11(19)8-10)16-12(18-9)6-3-7-13(16)20/h2,4-5,8,15-16,19H,3,6-7H2,1H3,(H,21,22). The van der Waals surface area contributed by atoms with Crippen molar-refractivity contribution in [1.29, 1.82) is 0 Å². The predicted molar refractivity (Wildman–Crippen MR) is 81.0 cm³/mol. The molecule has 1 aliphatic heterocycles. The SMILES string of the molecule is CC1=C(C(=O)O)C(c2cccc(O)c2)C2C(=O)CCCC2=N1. The molecule has 5 nitrogen and oxygen atoms in total. The molecule has 1 fully saturated rings. The highest BCUT2D eigenvalue weighted by atomic mass is 16.4. The second-order valence-corrected chi connectivity index (χ2v) is 5.78. The number of ketones is 1. The van der Waals surface area contributed by atoms with E-state index in [1.807, 2.05) is 0 Å². The van der Waals surface area contributed by atoms with Gasteiger partial charge < -0.3 is 10.2 Å². The van der Waals surface area contributed by atoms with Crippen LogP contribution in [0, 0.1) is 5.92 Å². The first kappa shape index (κ1) is 14.5. The Labute approximate surface area is 128 Å². The maximum Gasteiger partial charge on any atom is 0.334 e. The molecule has 1 aliphatic carbocycles. The second kappa shape index (κ2) is 5.40. The number of benzene rings is 1. The number of phenolic OH excluding ortho intramolecular Hbond substituents is 1. The van der Waals surface area contributed by atoms with Gasteiger partial charge in [-0.3, -0.25) is 9.79 Å². The topological polar surface area (TPSA) is 87.0 Å². The number of carbonyl (C=O) groups excluding carboxylic acids is 1. The Hall–Kier alpha value is -2.43. The molecule has 2 unspecified atom stereocenters. The molecule has 0 aromatic heterocycles. The largest absolute Gasteiger partial charge is 0.508 e. The summed E-state index contributed by atoms with van der Waals surface area (Å²) in [6.07, 6.45) is 1.93. The summed E-state index contributed by atoms with van der Waals surface area (Å²) in [6, 6.07) is 6.48. The molecule has 1 aromatic rings. The zero-order chi connectivity index (χ0) is 15.9. The van der Waals surface area contributed by atoms with Crippen molar-refractivity contribution < 1.29 is 19.8 Å². The van der Waals surface area contributed by atoms with Gasteiger partial charge in [0.2, 0.25) is 0 Å². The van der Waals surface area contributed by atoms with E-state index in [4.69, 9.17) is 0 Å². The van der Waals surface area contributed by atoms with Crippen molar-refractivity contribution in [2.45, 2.75) is 32.1 Å². The molecule has 1 heterocycles. The first-order valence-corrected chi connectivity index (χ1v) is 7.32. The summed E-state index contributed by atoms with van der Waals surface area (Å²) in [7, 11) is 0. The van der Waals surface area contributed by atoms with Crippen LogP contribution in [0.25, 0.3) is 0 Å². The number of allylic oxidation sites excluding steroid dienone is 1. The minimum atomic E-state index is -1.06. The Morgan fingerprint density at radius 2 is 2.05 bits per heavy atom.